The Hall–Kier alpha value is -0.570. The summed E-state index contributed by atoms with van der Waals surface area (Å²) in [4.78, 5) is 14.4. The monoisotopic (exact) mass is 266 g/mol. The summed E-state index contributed by atoms with van der Waals surface area (Å²) >= 11 is 0. The van der Waals surface area contributed by atoms with E-state index in [0.717, 1.165) is 32.5 Å². The van der Waals surface area contributed by atoms with E-state index >= 15 is 0 Å². The molecule has 2 saturated heterocycles. The second kappa shape index (κ2) is 6.25. The van der Waals surface area contributed by atoms with Crippen molar-refractivity contribution in [3.05, 3.63) is 0 Å². The van der Waals surface area contributed by atoms with Crippen molar-refractivity contribution in [2.24, 2.45) is 11.3 Å². The number of piperidine rings is 1. The molecule has 3 nitrogen and oxygen atoms in total. The van der Waals surface area contributed by atoms with Gasteiger partial charge in [0.1, 0.15) is 0 Å². The average Bonchev–Trinajstić information content (AvgIpc) is 2.87. The molecule has 110 valence electrons. The fourth-order valence-corrected chi connectivity index (χ4v) is 3.32. The number of hydrogen-bond acceptors (Lipinski definition) is 2. The van der Waals surface area contributed by atoms with Gasteiger partial charge in [0.2, 0.25) is 5.91 Å². The summed E-state index contributed by atoms with van der Waals surface area (Å²) < 4.78 is 0. The first kappa shape index (κ1) is 14.8. The van der Waals surface area contributed by atoms with E-state index in [1.54, 1.807) is 0 Å². The van der Waals surface area contributed by atoms with Crippen LogP contribution in [0, 0.1) is 11.3 Å². The van der Waals surface area contributed by atoms with Gasteiger partial charge >= 0.3 is 0 Å². The Morgan fingerprint density at radius 1 is 1.26 bits per heavy atom. The van der Waals surface area contributed by atoms with E-state index in [1.807, 2.05) is 0 Å². The van der Waals surface area contributed by atoms with Crippen LogP contribution in [0.3, 0.4) is 0 Å². The van der Waals surface area contributed by atoms with Crippen LogP contribution in [0.1, 0.15) is 59.3 Å². The lowest BCUT2D eigenvalue weighted by atomic mass is 9.80. The van der Waals surface area contributed by atoms with Crippen LogP contribution < -0.4 is 5.32 Å². The molecule has 0 aromatic rings. The number of rotatable bonds is 3. The highest BCUT2D eigenvalue weighted by molar-refractivity contribution is 5.76. The maximum Gasteiger partial charge on any atom is 0.222 e. The fourth-order valence-electron chi connectivity index (χ4n) is 3.32. The number of nitrogens with one attached hydrogen (secondary N) is 1. The summed E-state index contributed by atoms with van der Waals surface area (Å²) in [5.41, 5.74) is 0.333. The van der Waals surface area contributed by atoms with E-state index in [1.165, 1.54) is 25.7 Å². The molecule has 1 N–H and O–H groups in total. The van der Waals surface area contributed by atoms with Gasteiger partial charge in [0.05, 0.1) is 0 Å². The molecule has 0 aromatic carbocycles. The zero-order valence-corrected chi connectivity index (χ0v) is 12.9. The third-order valence-corrected chi connectivity index (χ3v) is 4.88. The van der Waals surface area contributed by atoms with Gasteiger partial charge in [0.15, 0.2) is 0 Å². The smallest absolute Gasteiger partial charge is 0.222 e. The Morgan fingerprint density at radius 2 is 2.05 bits per heavy atom. The average molecular weight is 266 g/mol. The minimum absolute atomic E-state index is 0.333. The first-order valence-electron chi connectivity index (χ1n) is 7.98. The number of carbonyl (C=O) groups is 1. The van der Waals surface area contributed by atoms with Gasteiger partial charge in [-0.3, -0.25) is 4.79 Å². The maximum atomic E-state index is 12.3. The third-order valence-electron chi connectivity index (χ3n) is 4.88. The van der Waals surface area contributed by atoms with Gasteiger partial charge in [0, 0.05) is 25.6 Å². The van der Waals surface area contributed by atoms with E-state index in [9.17, 15) is 4.79 Å². The second-order valence-electron chi connectivity index (χ2n) is 7.38. The molecule has 2 fully saturated rings. The molecule has 19 heavy (non-hydrogen) atoms. The molecule has 0 radical (unpaired) electrons. The number of carbonyl (C=O) groups excluding carboxylic acids is 1. The first-order valence-corrected chi connectivity index (χ1v) is 7.98. The standard InChI is InChI=1S/C16H30N2O/c1-16(2,3)13-9-11-18(12-13)15(19)8-7-14-6-4-5-10-17-14/h13-14,17H,4-12H2,1-3H3. The highest BCUT2D eigenvalue weighted by atomic mass is 16.2. The SMILES string of the molecule is CC(C)(C)C1CCN(C(=O)CCC2CCCCN2)C1. The van der Waals surface area contributed by atoms with Crippen LogP contribution in [0.2, 0.25) is 0 Å². The Kier molecular flexibility index (Phi) is 4.88. The zero-order chi connectivity index (χ0) is 13.9. The molecule has 0 aliphatic carbocycles. The summed E-state index contributed by atoms with van der Waals surface area (Å²) in [5.74, 6) is 1.04. The topological polar surface area (TPSA) is 32.3 Å². The van der Waals surface area contributed by atoms with Crippen molar-refractivity contribution < 1.29 is 4.79 Å². The predicted molar refractivity (Wildman–Crippen MR) is 79.0 cm³/mol. The van der Waals surface area contributed by atoms with Gasteiger partial charge in [-0.05, 0) is 43.6 Å². The largest absolute Gasteiger partial charge is 0.342 e. The van der Waals surface area contributed by atoms with Crippen molar-refractivity contribution in [3.63, 3.8) is 0 Å². The van der Waals surface area contributed by atoms with Gasteiger partial charge in [-0.25, -0.2) is 0 Å². The number of likely N-dealkylation sites (tertiary alicyclic amines) is 1. The molecule has 2 heterocycles. The molecule has 2 aliphatic heterocycles. The number of hydrogen-bond donors (Lipinski definition) is 1. The molecule has 0 aromatic heterocycles. The van der Waals surface area contributed by atoms with E-state index in [2.05, 4.69) is 31.0 Å². The van der Waals surface area contributed by atoms with Crippen LogP contribution in [-0.4, -0.2) is 36.5 Å². The van der Waals surface area contributed by atoms with Gasteiger partial charge in [-0.2, -0.15) is 0 Å². The Morgan fingerprint density at radius 3 is 2.63 bits per heavy atom. The first-order chi connectivity index (χ1) is 8.97. The van der Waals surface area contributed by atoms with E-state index in [-0.39, 0.29) is 0 Å². The Bertz CT molecular complexity index is 302. The van der Waals surface area contributed by atoms with E-state index in [0.29, 0.717) is 23.3 Å². The van der Waals surface area contributed by atoms with Gasteiger partial charge in [-0.15, -0.1) is 0 Å². The zero-order valence-electron chi connectivity index (χ0n) is 12.9. The minimum atomic E-state index is 0.333. The molecule has 2 unspecified atom stereocenters. The van der Waals surface area contributed by atoms with Crippen molar-refractivity contribution in [2.75, 3.05) is 19.6 Å². The van der Waals surface area contributed by atoms with Crippen LogP contribution in [0.25, 0.3) is 0 Å². The van der Waals surface area contributed by atoms with Crippen molar-refractivity contribution >= 4 is 5.91 Å². The Balaban J connectivity index is 1.72. The lowest BCUT2D eigenvalue weighted by Crippen LogP contribution is -2.36. The van der Waals surface area contributed by atoms with Crippen LogP contribution in [0.5, 0.6) is 0 Å². The van der Waals surface area contributed by atoms with Crippen molar-refractivity contribution in [1.82, 2.24) is 10.2 Å². The van der Waals surface area contributed by atoms with Crippen LogP contribution >= 0.6 is 0 Å². The van der Waals surface area contributed by atoms with Crippen LogP contribution in [0.15, 0.2) is 0 Å². The molecule has 0 bridgehead atoms. The van der Waals surface area contributed by atoms with Crippen molar-refractivity contribution in [3.8, 4) is 0 Å². The molecule has 3 heteroatoms. The highest BCUT2D eigenvalue weighted by Gasteiger charge is 2.33. The molecular formula is C16H30N2O. The molecule has 2 aliphatic rings. The molecule has 2 rings (SSSR count). The molecular weight excluding hydrogens is 236 g/mol. The predicted octanol–water partition coefficient (Wildman–Crippen LogP) is 2.80. The van der Waals surface area contributed by atoms with E-state index in [4.69, 9.17) is 0 Å². The van der Waals surface area contributed by atoms with Crippen molar-refractivity contribution in [2.45, 2.75) is 65.3 Å². The second-order valence-corrected chi connectivity index (χ2v) is 7.38. The maximum absolute atomic E-state index is 12.3. The minimum Gasteiger partial charge on any atom is -0.342 e. The Labute approximate surface area is 118 Å². The molecule has 0 spiro atoms. The summed E-state index contributed by atoms with van der Waals surface area (Å²) in [7, 11) is 0. The number of amides is 1. The van der Waals surface area contributed by atoms with E-state index < -0.39 is 0 Å². The molecule has 1 amide bonds. The third kappa shape index (κ3) is 4.20. The van der Waals surface area contributed by atoms with Crippen LogP contribution in [-0.2, 0) is 4.79 Å². The van der Waals surface area contributed by atoms with Crippen LogP contribution in [0.4, 0.5) is 0 Å². The van der Waals surface area contributed by atoms with Gasteiger partial charge < -0.3 is 10.2 Å². The number of nitrogens with zero attached hydrogens (tertiary/aromatic N) is 1. The van der Waals surface area contributed by atoms with Crippen molar-refractivity contribution in [1.29, 1.82) is 0 Å². The summed E-state index contributed by atoms with van der Waals surface area (Å²) in [6.45, 7) is 9.95. The molecule has 0 saturated carbocycles. The summed E-state index contributed by atoms with van der Waals surface area (Å²) in [5, 5.41) is 3.53. The lowest BCUT2D eigenvalue weighted by molar-refractivity contribution is -0.130. The lowest BCUT2D eigenvalue weighted by Gasteiger charge is -2.27. The highest BCUT2D eigenvalue weighted by Crippen LogP contribution is 2.33. The van der Waals surface area contributed by atoms with Gasteiger partial charge in [0.25, 0.3) is 0 Å². The summed E-state index contributed by atoms with van der Waals surface area (Å²) in [6.07, 6.45) is 6.80. The fraction of sp³-hybridized carbons (Fsp3) is 0.938. The molecule has 2 atom stereocenters. The summed E-state index contributed by atoms with van der Waals surface area (Å²) in [6, 6.07) is 0.582. The normalized spacial score (nSPS) is 28.7. The van der Waals surface area contributed by atoms with Gasteiger partial charge in [-0.1, -0.05) is 27.2 Å². The quantitative estimate of drug-likeness (QED) is 0.852.